The van der Waals surface area contributed by atoms with Crippen LogP contribution in [0.5, 0.6) is 0 Å². The Balaban J connectivity index is 2.39. The van der Waals surface area contributed by atoms with Gasteiger partial charge < -0.3 is 10.4 Å². The predicted molar refractivity (Wildman–Crippen MR) is 60.2 cm³/mol. The molecule has 2 unspecified atom stereocenters. The van der Waals surface area contributed by atoms with Crippen molar-refractivity contribution < 1.29 is 5.11 Å². The van der Waals surface area contributed by atoms with Crippen LogP contribution in [0, 0.1) is 22.7 Å². The maximum Gasteiger partial charge on any atom is 0.0672 e. The average Bonchev–Trinajstić information content (AvgIpc) is 2.27. The molecule has 0 aromatic carbocycles. The van der Waals surface area contributed by atoms with Gasteiger partial charge in [-0.15, -0.1) is 0 Å². The normalized spacial score (nSPS) is 27.3. The standard InChI is InChI=1S/C12H22N2O/c1-12(2,9-15)8-14-11-6-4-3-5-10(11)7-13/h10-11,14-15H,3-6,8-9H2,1-2H3. The molecule has 0 radical (unpaired) electrons. The Morgan fingerprint density at radius 3 is 2.67 bits per heavy atom. The Hall–Kier alpha value is -0.590. The predicted octanol–water partition coefficient (Wildman–Crippen LogP) is 1.68. The number of rotatable bonds is 4. The molecule has 1 saturated carbocycles. The Bertz CT molecular complexity index is 232. The summed E-state index contributed by atoms with van der Waals surface area (Å²) in [6.45, 7) is 5.03. The summed E-state index contributed by atoms with van der Waals surface area (Å²) in [6, 6.07) is 2.71. The highest BCUT2D eigenvalue weighted by Gasteiger charge is 2.26. The minimum atomic E-state index is -0.0859. The van der Waals surface area contributed by atoms with Crippen LogP contribution in [0.3, 0.4) is 0 Å². The minimum Gasteiger partial charge on any atom is -0.396 e. The van der Waals surface area contributed by atoms with Crippen molar-refractivity contribution in [1.29, 1.82) is 5.26 Å². The van der Waals surface area contributed by atoms with E-state index in [4.69, 9.17) is 10.4 Å². The summed E-state index contributed by atoms with van der Waals surface area (Å²) >= 11 is 0. The van der Waals surface area contributed by atoms with Crippen molar-refractivity contribution in [2.45, 2.75) is 45.6 Å². The summed E-state index contributed by atoms with van der Waals surface area (Å²) in [6.07, 6.45) is 4.52. The van der Waals surface area contributed by atoms with Crippen molar-refractivity contribution in [3.8, 4) is 6.07 Å². The maximum absolute atomic E-state index is 9.14. The van der Waals surface area contributed by atoms with Crippen LogP contribution < -0.4 is 5.32 Å². The van der Waals surface area contributed by atoms with Crippen molar-refractivity contribution in [1.82, 2.24) is 5.32 Å². The van der Waals surface area contributed by atoms with E-state index in [9.17, 15) is 0 Å². The van der Waals surface area contributed by atoms with E-state index >= 15 is 0 Å². The molecule has 1 aliphatic carbocycles. The average molecular weight is 210 g/mol. The lowest BCUT2D eigenvalue weighted by molar-refractivity contribution is 0.146. The zero-order chi connectivity index (χ0) is 11.3. The molecule has 0 aliphatic heterocycles. The summed E-state index contributed by atoms with van der Waals surface area (Å²) in [5.41, 5.74) is -0.0859. The van der Waals surface area contributed by atoms with Gasteiger partial charge in [0.2, 0.25) is 0 Å². The second-order valence-electron chi connectivity index (χ2n) is 5.33. The van der Waals surface area contributed by atoms with Gasteiger partial charge in [0.1, 0.15) is 0 Å². The third kappa shape index (κ3) is 3.81. The van der Waals surface area contributed by atoms with E-state index in [0.29, 0.717) is 6.04 Å². The van der Waals surface area contributed by atoms with E-state index in [2.05, 4.69) is 11.4 Å². The lowest BCUT2D eigenvalue weighted by Gasteiger charge is -2.31. The molecule has 1 rings (SSSR count). The van der Waals surface area contributed by atoms with Crippen LogP contribution in [0.25, 0.3) is 0 Å². The van der Waals surface area contributed by atoms with Gasteiger partial charge in [-0.2, -0.15) is 5.26 Å². The quantitative estimate of drug-likeness (QED) is 0.742. The van der Waals surface area contributed by atoms with Crippen LogP contribution in [0.1, 0.15) is 39.5 Å². The first kappa shape index (κ1) is 12.5. The van der Waals surface area contributed by atoms with Crippen molar-refractivity contribution >= 4 is 0 Å². The fourth-order valence-corrected chi connectivity index (χ4v) is 1.99. The van der Waals surface area contributed by atoms with Crippen molar-refractivity contribution in [3.05, 3.63) is 0 Å². The van der Waals surface area contributed by atoms with Crippen LogP contribution in [0.15, 0.2) is 0 Å². The first-order valence-electron chi connectivity index (χ1n) is 5.83. The second-order valence-corrected chi connectivity index (χ2v) is 5.33. The van der Waals surface area contributed by atoms with Gasteiger partial charge in [0, 0.05) is 24.6 Å². The smallest absolute Gasteiger partial charge is 0.0672 e. The van der Waals surface area contributed by atoms with Gasteiger partial charge >= 0.3 is 0 Å². The maximum atomic E-state index is 9.14. The van der Waals surface area contributed by atoms with Gasteiger partial charge in [-0.05, 0) is 12.8 Å². The van der Waals surface area contributed by atoms with Crippen LogP contribution >= 0.6 is 0 Å². The number of nitrogens with one attached hydrogen (secondary N) is 1. The van der Waals surface area contributed by atoms with Gasteiger partial charge in [0.05, 0.1) is 12.0 Å². The van der Waals surface area contributed by atoms with Crippen molar-refractivity contribution in [2.75, 3.05) is 13.2 Å². The topological polar surface area (TPSA) is 56.0 Å². The molecule has 2 atom stereocenters. The number of hydrogen-bond donors (Lipinski definition) is 2. The highest BCUT2D eigenvalue weighted by Crippen LogP contribution is 2.24. The Morgan fingerprint density at radius 1 is 1.40 bits per heavy atom. The Labute approximate surface area is 92.5 Å². The van der Waals surface area contributed by atoms with E-state index in [1.807, 2.05) is 13.8 Å². The van der Waals surface area contributed by atoms with Gasteiger partial charge in [-0.1, -0.05) is 26.7 Å². The number of nitriles is 1. The fraction of sp³-hybridized carbons (Fsp3) is 0.917. The Kier molecular flexibility index (Phi) is 4.56. The lowest BCUT2D eigenvalue weighted by Crippen LogP contribution is -2.43. The molecule has 0 amide bonds. The lowest BCUT2D eigenvalue weighted by atomic mass is 9.84. The molecular formula is C12H22N2O. The summed E-state index contributed by atoms with van der Waals surface area (Å²) in [5, 5.41) is 21.6. The van der Waals surface area contributed by atoms with Crippen molar-refractivity contribution in [2.24, 2.45) is 11.3 Å². The van der Waals surface area contributed by atoms with Gasteiger partial charge in [-0.3, -0.25) is 0 Å². The SMILES string of the molecule is CC(C)(CO)CNC1CCCCC1C#N. The van der Waals surface area contributed by atoms with E-state index in [1.165, 1.54) is 12.8 Å². The summed E-state index contributed by atoms with van der Waals surface area (Å²) in [7, 11) is 0. The molecule has 1 fully saturated rings. The molecule has 2 N–H and O–H groups in total. The highest BCUT2D eigenvalue weighted by molar-refractivity contribution is 4.95. The van der Waals surface area contributed by atoms with Crippen LogP contribution in [-0.4, -0.2) is 24.3 Å². The van der Waals surface area contributed by atoms with Gasteiger partial charge in [0.15, 0.2) is 0 Å². The van der Waals surface area contributed by atoms with E-state index < -0.39 is 0 Å². The molecule has 0 bridgehead atoms. The zero-order valence-corrected chi connectivity index (χ0v) is 9.79. The molecule has 86 valence electrons. The van der Waals surface area contributed by atoms with E-state index in [0.717, 1.165) is 19.4 Å². The summed E-state index contributed by atoms with van der Waals surface area (Å²) in [5.74, 6) is 0.160. The first-order chi connectivity index (χ1) is 7.09. The molecule has 0 spiro atoms. The first-order valence-corrected chi connectivity index (χ1v) is 5.83. The molecular weight excluding hydrogens is 188 g/mol. The second kappa shape index (κ2) is 5.48. The molecule has 0 heterocycles. The molecule has 0 aromatic rings. The molecule has 1 aliphatic rings. The summed E-state index contributed by atoms with van der Waals surface area (Å²) < 4.78 is 0. The molecule has 15 heavy (non-hydrogen) atoms. The molecule has 3 nitrogen and oxygen atoms in total. The number of hydrogen-bond acceptors (Lipinski definition) is 3. The van der Waals surface area contributed by atoms with Crippen LogP contribution in [0.4, 0.5) is 0 Å². The van der Waals surface area contributed by atoms with E-state index in [1.54, 1.807) is 0 Å². The highest BCUT2D eigenvalue weighted by atomic mass is 16.3. The van der Waals surface area contributed by atoms with Crippen LogP contribution in [-0.2, 0) is 0 Å². The van der Waals surface area contributed by atoms with Crippen molar-refractivity contribution in [3.63, 3.8) is 0 Å². The number of nitrogens with zero attached hydrogens (tertiary/aromatic N) is 1. The molecule has 0 saturated heterocycles. The van der Waals surface area contributed by atoms with Gasteiger partial charge in [0.25, 0.3) is 0 Å². The fourth-order valence-electron chi connectivity index (χ4n) is 1.99. The third-order valence-electron chi connectivity index (χ3n) is 3.20. The largest absolute Gasteiger partial charge is 0.396 e. The van der Waals surface area contributed by atoms with Crippen LogP contribution in [0.2, 0.25) is 0 Å². The third-order valence-corrected chi connectivity index (χ3v) is 3.20. The molecule has 3 heteroatoms. The zero-order valence-electron chi connectivity index (χ0n) is 9.79. The number of aliphatic hydroxyl groups is 1. The molecule has 0 aromatic heterocycles. The number of aliphatic hydroxyl groups excluding tert-OH is 1. The van der Waals surface area contributed by atoms with Gasteiger partial charge in [-0.25, -0.2) is 0 Å². The Morgan fingerprint density at radius 2 is 2.07 bits per heavy atom. The monoisotopic (exact) mass is 210 g/mol. The van der Waals surface area contributed by atoms with E-state index in [-0.39, 0.29) is 17.9 Å². The minimum absolute atomic E-state index is 0.0859. The summed E-state index contributed by atoms with van der Waals surface area (Å²) in [4.78, 5) is 0.